The molecule has 0 saturated carbocycles. The van der Waals surface area contributed by atoms with Crippen LogP contribution in [0.1, 0.15) is 26.3 Å². The highest BCUT2D eigenvalue weighted by atomic mass is 35.5. The summed E-state index contributed by atoms with van der Waals surface area (Å²) >= 11 is 5.71. The highest BCUT2D eigenvalue weighted by Gasteiger charge is 2.40. The van der Waals surface area contributed by atoms with E-state index < -0.39 is 17.6 Å². The normalized spacial score (nSPS) is 11.7. The average molecular weight is 437 g/mol. The van der Waals surface area contributed by atoms with Gasteiger partial charge in [-0.15, -0.1) is 11.6 Å². The van der Waals surface area contributed by atoms with Gasteiger partial charge in [-0.25, -0.2) is 0 Å². The first-order valence-corrected chi connectivity index (χ1v) is 12.9. The van der Waals surface area contributed by atoms with Crippen LogP contribution in [-0.4, -0.2) is 58.8 Å². The van der Waals surface area contributed by atoms with Gasteiger partial charge in [-0.1, -0.05) is 30.8 Å². The molecule has 27 heavy (non-hydrogen) atoms. The highest BCUT2D eigenvalue weighted by Crippen LogP contribution is 2.10. The Hall–Kier alpha value is -0.556. The Labute approximate surface area is 171 Å². The molecule has 0 radical (unpaired) electrons. The van der Waals surface area contributed by atoms with Crippen LogP contribution >= 0.6 is 11.6 Å². The zero-order chi connectivity index (χ0) is 20.8. The van der Waals surface area contributed by atoms with Gasteiger partial charge in [0, 0.05) is 52.2 Å². The molecule has 0 aliphatic rings. The van der Waals surface area contributed by atoms with Gasteiger partial charge in [-0.05, 0) is 32.0 Å². The van der Waals surface area contributed by atoms with Crippen LogP contribution in [0.3, 0.4) is 0 Å². The summed E-state index contributed by atoms with van der Waals surface area (Å²) in [7, 11) is -0.402. The van der Waals surface area contributed by atoms with Gasteiger partial charge in [0.2, 0.25) is 0 Å². The SMILES string of the molecule is C=C[Si](OCC)(OCC)OCC.CO[Si](OC)(OC)c1ccc(CCl)cc1. The summed E-state index contributed by atoms with van der Waals surface area (Å²) in [5.74, 6) is 0.502. The van der Waals surface area contributed by atoms with E-state index in [9.17, 15) is 0 Å². The number of benzene rings is 1. The molecular weight excluding hydrogens is 404 g/mol. The topological polar surface area (TPSA) is 55.4 Å². The predicted octanol–water partition coefficient (Wildman–Crippen LogP) is 3.27. The van der Waals surface area contributed by atoms with Gasteiger partial charge in [0.05, 0.1) is 0 Å². The monoisotopic (exact) mass is 436 g/mol. The lowest BCUT2D eigenvalue weighted by Gasteiger charge is -2.24. The first kappa shape index (κ1) is 26.4. The van der Waals surface area contributed by atoms with Gasteiger partial charge in [0.15, 0.2) is 0 Å². The maximum Gasteiger partial charge on any atom is 0.536 e. The quantitative estimate of drug-likeness (QED) is 0.370. The summed E-state index contributed by atoms with van der Waals surface area (Å²) in [6.45, 7) is 11.2. The van der Waals surface area contributed by atoms with Crippen molar-refractivity contribution in [2.45, 2.75) is 26.7 Å². The molecule has 1 aromatic carbocycles. The van der Waals surface area contributed by atoms with E-state index in [0.29, 0.717) is 25.7 Å². The molecule has 0 spiro atoms. The Kier molecular flexibility index (Phi) is 14.1. The fourth-order valence-corrected chi connectivity index (χ4v) is 6.08. The van der Waals surface area contributed by atoms with Crippen LogP contribution in [0.2, 0.25) is 0 Å². The van der Waals surface area contributed by atoms with E-state index in [1.807, 2.05) is 45.0 Å². The second-order valence-electron chi connectivity index (χ2n) is 5.11. The third-order valence-corrected chi connectivity index (χ3v) is 9.09. The van der Waals surface area contributed by atoms with Gasteiger partial charge in [-0.3, -0.25) is 0 Å². The van der Waals surface area contributed by atoms with Crippen LogP contribution in [0.15, 0.2) is 36.5 Å². The molecule has 0 N–H and O–H groups in total. The third kappa shape index (κ3) is 8.14. The molecule has 0 aliphatic carbocycles. The molecular formula is C18H33ClO6Si2. The van der Waals surface area contributed by atoms with Crippen LogP contribution in [0, 0.1) is 0 Å². The Morgan fingerprint density at radius 2 is 1.26 bits per heavy atom. The second-order valence-corrected chi connectivity index (χ2v) is 10.8. The molecule has 1 rings (SSSR count). The molecule has 0 saturated heterocycles. The molecule has 0 atom stereocenters. The van der Waals surface area contributed by atoms with Crippen molar-refractivity contribution in [1.82, 2.24) is 0 Å². The summed E-state index contributed by atoms with van der Waals surface area (Å²) in [5, 5.41) is 0.934. The molecule has 0 aliphatic heterocycles. The van der Waals surface area contributed by atoms with Crippen molar-refractivity contribution in [3.63, 3.8) is 0 Å². The van der Waals surface area contributed by atoms with Crippen molar-refractivity contribution < 1.29 is 26.6 Å². The minimum Gasteiger partial charge on any atom is -0.373 e. The first-order chi connectivity index (χ1) is 13.0. The van der Waals surface area contributed by atoms with Gasteiger partial charge in [0.25, 0.3) is 0 Å². The maximum atomic E-state index is 5.71. The summed E-state index contributed by atoms with van der Waals surface area (Å²) in [6, 6.07) is 7.75. The van der Waals surface area contributed by atoms with Crippen molar-refractivity contribution in [1.29, 1.82) is 0 Å². The lowest BCUT2D eigenvalue weighted by atomic mass is 10.2. The summed E-state index contributed by atoms with van der Waals surface area (Å²) in [5.41, 5.74) is 2.73. The van der Waals surface area contributed by atoms with Crippen molar-refractivity contribution in [3.8, 4) is 0 Å². The minimum atomic E-state index is -2.67. The van der Waals surface area contributed by atoms with E-state index in [4.69, 9.17) is 38.2 Å². The van der Waals surface area contributed by atoms with Crippen molar-refractivity contribution in [2.24, 2.45) is 0 Å². The van der Waals surface area contributed by atoms with Crippen molar-refractivity contribution in [3.05, 3.63) is 42.1 Å². The van der Waals surface area contributed by atoms with E-state index in [2.05, 4.69) is 6.58 Å². The average Bonchev–Trinajstić information content (AvgIpc) is 2.71. The lowest BCUT2D eigenvalue weighted by Crippen LogP contribution is -2.54. The standard InChI is InChI=1S/C10H15ClO3Si.C8H18O3Si/c1-12-15(13-2,14-3)10-6-4-9(8-11)5-7-10;1-5-9-12(8-4,10-6-2)11-7-3/h4-7H,8H2,1-3H3;8H,4-7H2,1-3H3. The van der Waals surface area contributed by atoms with Crippen LogP contribution in [-0.2, 0) is 32.4 Å². The number of rotatable bonds is 12. The van der Waals surface area contributed by atoms with Crippen molar-refractivity contribution in [2.75, 3.05) is 41.2 Å². The molecule has 1 aromatic rings. The Balaban J connectivity index is 0.000000516. The van der Waals surface area contributed by atoms with Crippen molar-refractivity contribution >= 4 is 34.4 Å². The molecule has 0 bridgehead atoms. The molecule has 0 fully saturated rings. The van der Waals surface area contributed by atoms with Crippen LogP contribution < -0.4 is 5.19 Å². The predicted molar refractivity (Wildman–Crippen MR) is 113 cm³/mol. The summed E-state index contributed by atoms with van der Waals surface area (Å²) < 4.78 is 32.4. The van der Waals surface area contributed by atoms with E-state index in [1.54, 1.807) is 27.0 Å². The van der Waals surface area contributed by atoms with Crippen LogP contribution in [0.4, 0.5) is 0 Å². The smallest absolute Gasteiger partial charge is 0.373 e. The second kappa shape index (κ2) is 14.4. The Bertz CT molecular complexity index is 486. The Morgan fingerprint density at radius 1 is 0.852 bits per heavy atom. The minimum absolute atomic E-state index is 0.502. The molecule has 6 nitrogen and oxygen atoms in total. The van der Waals surface area contributed by atoms with E-state index in [0.717, 1.165) is 10.8 Å². The lowest BCUT2D eigenvalue weighted by molar-refractivity contribution is 0.0844. The van der Waals surface area contributed by atoms with Gasteiger partial charge in [-0.2, -0.15) is 0 Å². The maximum absolute atomic E-state index is 5.71. The van der Waals surface area contributed by atoms with E-state index >= 15 is 0 Å². The number of halogens is 1. The molecule has 0 amide bonds. The van der Waals surface area contributed by atoms with Gasteiger partial charge < -0.3 is 26.6 Å². The Morgan fingerprint density at radius 3 is 1.52 bits per heavy atom. The molecule has 156 valence electrons. The zero-order valence-corrected chi connectivity index (χ0v) is 20.0. The fraction of sp³-hybridized carbons (Fsp3) is 0.556. The van der Waals surface area contributed by atoms with E-state index in [1.165, 1.54) is 0 Å². The largest absolute Gasteiger partial charge is 0.536 e. The van der Waals surface area contributed by atoms with Crippen LogP contribution in [0.25, 0.3) is 0 Å². The summed E-state index contributed by atoms with van der Waals surface area (Å²) in [4.78, 5) is 0. The molecule has 0 aromatic heterocycles. The number of hydrogen-bond acceptors (Lipinski definition) is 6. The zero-order valence-electron chi connectivity index (χ0n) is 17.2. The summed E-state index contributed by atoms with van der Waals surface area (Å²) in [6.07, 6.45) is 0. The van der Waals surface area contributed by atoms with Gasteiger partial charge in [0.1, 0.15) is 0 Å². The van der Waals surface area contributed by atoms with Gasteiger partial charge >= 0.3 is 17.6 Å². The van der Waals surface area contributed by atoms with E-state index in [-0.39, 0.29) is 0 Å². The molecule has 0 unspecified atom stereocenters. The highest BCUT2D eigenvalue weighted by molar-refractivity contribution is 6.75. The number of hydrogen-bond donors (Lipinski definition) is 0. The third-order valence-electron chi connectivity index (χ3n) is 3.55. The molecule has 0 heterocycles. The fourth-order valence-electron chi connectivity index (χ4n) is 2.31. The van der Waals surface area contributed by atoms with Crippen LogP contribution in [0.5, 0.6) is 0 Å². The molecule has 9 heteroatoms. The number of alkyl halides is 1. The first-order valence-electron chi connectivity index (χ1n) is 8.83.